The first kappa shape index (κ1) is 20.9. The van der Waals surface area contributed by atoms with Gasteiger partial charge in [0.05, 0.1) is 6.04 Å². The van der Waals surface area contributed by atoms with Crippen LogP contribution in [0.4, 0.5) is 0 Å². The minimum atomic E-state index is -0.804. The van der Waals surface area contributed by atoms with Crippen molar-refractivity contribution in [3.05, 3.63) is 24.3 Å². The van der Waals surface area contributed by atoms with Crippen LogP contribution in [0.25, 0.3) is 0 Å². The molecule has 0 saturated carbocycles. The van der Waals surface area contributed by atoms with Crippen LogP contribution >= 0.6 is 0 Å². The Balaban J connectivity index is 2.95. The maximum atomic E-state index is 12.6. The molecule has 0 radical (unpaired) electrons. The monoisotopic (exact) mass is 350 g/mol. The average molecular weight is 350 g/mol. The van der Waals surface area contributed by atoms with Crippen LogP contribution in [0.1, 0.15) is 34.1 Å². The van der Waals surface area contributed by atoms with Gasteiger partial charge in [0.2, 0.25) is 17.7 Å². The third-order valence-electron chi connectivity index (χ3n) is 4.02. The Bertz CT molecular complexity index is 540. The molecule has 1 heterocycles. The summed E-state index contributed by atoms with van der Waals surface area (Å²) in [5, 5.41) is 8.32. The quantitative estimate of drug-likeness (QED) is 0.543. The van der Waals surface area contributed by atoms with Crippen molar-refractivity contribution in [1.29, 1.82) is 0 Å². The highest BCUT2D eigenvalue weighted by molar-refractivity contribution is 5.91. The molecule has 7 heteroatoms. The number of nitrogens with one attached hydrogen (secondary N) is 3. The van der Waals surface area contributed by atoms with Crippen LogP contribution in [-0.2, 0) is 14.4 Å². The number of amides is 3. The second-order valence-electron chi connectivity index (χ2n) is 6.90. The third-order valence-corrected chi connectivity index (χ3v) is 4.02. The molecule has 3 unspecified atom stereocenters. The first-order valence-corrected chi connectivity index (χ1v) is 8.71. The van der Waals surface area contributed by atoms with Crippen molar-refractivity contribution in [3.63, 3.8) is 0 Å². The minimum absolute atomic E-state index is 0.0279. The van der Waals surface area contributed by atoms with Crippen molar-refractivity contribution in [2.75, 3.05) is 6.54 Å². The van der Waals surface area contributed by atoms with Gasteiger partial charge in [0, 0.05) is 18.7 Å². The van der Waals surface area contributed by atoms with E-state index >= 15 is 0 Å². The molecule has 3 atom stereocenters. The average Bonchev–Trinajstić information content (AvgIpc) is 2.54. The molecule has 7 nitrogen and oxygen atoms in total. The summed E-state index contributed by atoms with van der Waals surface area (Å²) in [5.74, 6) is -0.822. The topological polar surface area (TPSA) is 113 Å². The molecule has 5 N–H and O–H groups in total. The molecule has 140 valence electrons. The molecular formula is C18H30N4O3. The van der Waals surface area contributed by atoms with Gasteiger partial charge in [0.25, 0.3) is 0 Å². The van der Waals surface area contributed by atoms with Crippen LogP contribution in [0.15, 0.2) is 24.3 Å². The molecule has 0 bridgehead atoms. The third kappa shape index (κ3) is 7.09. The molecular weight excluding hydrogens is 320 g/mol. The number of hydrogen-bond donors (Lipinski definition) is 4. The standard InChI is InChI=1S/C18H30N4O3/c1-11(2)13-8-9-15(23)20-10-6-5-7-14(17(24)21-13)22-18(25)16(19)12(3)4/h5,7-9,11-14,16H,6,10,19H2,1-4H3,(H,20,23)(H,21,24)(H,22,25). The SMILES string of the molecule is CC(C)C1C=CC(=O)NCCC=CC(NC(=O)C(N)C(C)C)C(=O)N1. The molecule has 25 heavy (non-hydrogen) atoms. The van der Waals surface area contributed by atoms with Crippen molar-refractivity contribution < 1.29 is 14.4 Å². The molecule has 0 aromatic rings. The summed E-state index contributed by atoms with van der Waals surface area (Å²) in [4.78, 5) is 36.5. The lowest BCUT2D eigenvalue weighted by atomic mass is 10.0. The molecule has 0 aromatic carbocycles. The highest BCUT2D eigenvalue weighted by atomic mass is 16.2. The molecule has 1 rings (SSSR count). The molecule has 1 aliphatic rings. The van der Waals surface area contributed by atoms with E-state index in [1.165, 1.54) is 6.08 Å². The van der Waals surface area contributed by atoms with Gasteiger partial charge < -0.3 is 21.7 Å². The zero-order valence-corrected chi connectivity index (χ0v) is 15.4. The van der Waals surface area contributed by atoms with Crippen molar-refractivity contribution in [1.82, 2.24) is 16.0 Å². The fraction of sp³-hybridized carbons (Fsp3) is 0.611. The van der Waals surface area contributed by atoms with Gasteiger partial charge in [-0.1, -0.05) is 45.9 Å². The maximum absolute atomic E-state index is 12.6. The number of carbonyl (C=O) groups excluding carboxylic acids is 3. The van der Waals surface area contributed by atoms with Gasteiger partial charge in [0.1, 0.15) is 6.04 Å². The van der Waals surface area contributed by atoms with Gasteiger partial charge in [-0.25, -0.2) is 0 Å². The predicted molar refractivity (Wildman–Crippen MR) is 97.4 cm³/mol. The van der Waals surface area contributed by atoms with Gasteiger partial charge in [-0.15, -0.1) is 0 Å². The lowest BCUT2D eigenvalue weighted by Gasteiger charge is -2.24. The van der Waals surface area contributed by atoms with E-state index in [2.05, 4.69) is 16.0 Å². The Morgan fingerprint density at radius 1 is 1.24 bits per heavy atom. The lowest BCUT2D eigenvalue weighted by Crippen LogP contribution is -2.54. The number of nitrogens with two attached hydrogens (primary N) is 1. The van der Waals surface area contributed by atoms with E-state index in [-0.39, 0.29) is 35.6 Å². The summed E-state index contributed by atoms with van der Waals surface area (Å²) in [7, 11) is 0. The van der Waals surface area contributed by atoms with Crippen LogP contribution in [0.5, 0.6) is 0 Å². The number of hydrogen-bond acceptors (Lipinski definition) is 4. The van der Waals surface area contributed by atoms with E-state index in [0.717, 1.165) is 0 Å². The summed E-state index contributed by atoms with van der Waals surface area (Å²) in [6.07, 6.45) is 7.06. The van der Waals surface area contributed by atoms with E-state index < -0.39 is 12.1 Å². The van der Waals surface area contributed by atoms with Crippen molar-refractivity contribution in [2.24, 2.45) is 17.6 Å². The van der Waals surface area contributed by atoms with Gasteiger partial charge >= 0.3 is 0 Å². The fourth-order valence-corrected chi connectivity index (χ4v) is 2.21. The molecule has 1 aliphatic heterocycles. The van der Waals surface area contributed by atoms with E-state index in [1.54, 1.807) is 18.2 Å². The Hall–Kier alpha value is -2.15. The van der Waals surface area contributed by atoms with E-state index in [1.807, 2.05) is 27.7 Å². The Labute approximate surface area is 149 Å². The Kier molecular flexibility index (Phi) is 8.34. The molecule has 0 spiro atoms. The molecule has 0 aromatic heterocycles. The van der Waals surface area contributed by atoms with Crippen LogP contribution in [0.2, 0.25) is 0 Å². The summed E-state index contributed by atoms with van der Waals surface area (Å²) in [5.41, 5.74) is 5.86. The van der Waals surface area contributed by atoms with Gasteiger partial charge in [-0.3, -0.25) is 14.4 Å². The molecule has 0 aliphatic carbocycles. The largest absolute Gasteiger partial charge is 0.352 e. The zero-order valence-electron chi connectivity index (χ0n) is 15.4. The van der Waals surface area contributed by atoms with E-state index in [9.17, 15) is 14.4 Å². The summed E-state index contributed by atoms with van der Waals surface area (Å²) < 4.78 is 0. The van der Waals surface area contributed by atoms with Crippen LogP contribution in [0.3, 0.4) is 0 Å². The molecule has 0 fully saturated rings. The molecule has 3 amide bonds. The van der Waals surface area contributed by atoms with Crippen molar-refractivity contribution in [2.45, 2.75) is 52.2 Å². The second kappa shape index (κ2) is 9.98. The fourth-order valence-electron chi connectivity index (χ4n) is 2.21. The number of rotatable bonds is 4. The Morgan fingerprint density at radius 3 is 2.52 bits per heavy atom. The minimum Gasteiger partial charge on any atom is -0.352 e. The summed E-state index contributed by atoms with van der Waals surface area (Å²) >= 11 is 0. The predicted octanol–water partition coefficient (Wildman–Crippen LogP) is 0.228. The van der Waals surface area contributed by atoms with Gasteiger partial charge in [0.15, 0.2) is 0 Å². The summed E-state index contributed by atoms with van der Waals surface area (Å²) in [6, 6.07) is -1.80. The number of carbonyl (C=O) groups is 3. The highest BCUT2D eigenvalue weighted by Gasteiger charge is 2.25. The first-order valence-electron chi connectivity index (χ1n) is 8.71. The van der Waals surface area contributed by atoms with Crippen LogP contribution in [-0.4, -0.2) is 42.4 Å². The lowest BCUT2D eigenvalue weighted by molar-refractivity contribution is -0.129. The summed E-state index contributed by atoms with van der Waals surface area (Å²) in [6.45, 7) is 8.04. The highest BCUT2D eigenvalue weighted by Crippen LogP contribution is 2.06. The van der Waals surface area contributed by atoms with Crippen molar-refractivity contribution in [3.8, 4) is 0 Å². The smallest absolute Gasteiger partial charge is 0.247 e. The van der Waals surface area contributed by atoms with Gasteiger partial charge in [-0.2, -0.15) is 0 Å². The first-order chi connectivity index (χ1) is 11.7. The van der Waals surface area contributed by atoms with Crippen LogP contribution in [0, 0.1) is 11.8 Å². The van der Waals surface area contributed by atoms with Gasteiger partial charge in [-0.05, 0) is 18.3 Å². The zero-order chi connectivity index (χ0) is 19.0. The second-order valence-corrected chi connectivity index (χ2v) is 6.90. The molecule has 0 saturated heterocycles. The van der Waals surface area contributed by atoms with Crippen molar-refractivity contribution >= 4 is 17.7 Å². The Morgan fingerprint density at radius 2 is 1.92 bits per heavy atom. The normalized spacial score (nSPS) is 23.5. The van der Waals surface area contributed by atoms with Crippen LogP contribution < -0.4 is 21.7 Å². The van der Waals surface area contributed by atoms with E-state index in [0.29, 0.717) is 13.0 Å². The van der Waals surface area contributed by atoms with E-state index in [4.69, 9.17) is 5.73 Å². The maximum Gasteiger partial charge on any atom is 0.247 e.